The van der Waals surface area contributed by atoms with E-state index in [-0.39, 0.29) is 35.5 Å². The third kappa shape index (κ3) is 4.59. The van der Waals surface area contributed by atoms with Gasteiger partial charge in [-0.25, -0.2) is 0 Å². The highest BCUT2D eigenvalue weighted by Gasteiger charge is 2.47. The minimum atomic E-state index is -0.851. The van der Waals surface area contributed by atoms with Crippen molar-refractivity contribution in [1.82, 2.24) is 4.90 Å². The summed E-state index contributed by atoms with van der Waals surface area (Å²) in [4.78, 5) is 27.7. The minimum Gasteiger partial charge on any atom is -0.507 e. The number of hydrogen-bond acceptors (Lipinski definition) is 7. The summed E-state index contributed by atoms with van der Waals surface area (Å²) in [6.45, 7) is 5.33. The summed E-state index contributed by atoms with van der Waals surface area (Å²) in [5, 5.41) is 21.4. The van der Waals surface area contributed by atoms with Crippen molar-refractivity contribution in [3.8, 4) is 17.2 Å². The van der Waals surface area contributed by atoms with Crippen molar-refractivity contribution in [3.05, 3.63) is 59.2 Å². The first-order valence-electron chi connectivity index (χ1n) is 11.5. The number of Topliss-reactive ketones (excluding diaryl/α,β-unsaturated/α-hetero) is 1. The first-order valence-corrected chi connectivity index (χ1v) is 11.5. The monoisotopic (exact) mass is 467 g/mol. The maximum atomic E-state index is 13.2. The Morgan fingerprint density at radius 2 is 1.82 bits per heavy atom. The second-order valence-electron chi connectivity index (χ2n) is 8.20. The van der Waals surface area contributed by atoms with E-state index >= 15 is 0 Å². The summed E-state index contributed by atoms with van der Waals surface area (Å²) >= 11 is 0. The highest BCUT2D eigenvalue weighted by atomic mass is 16.5. The fourth-order valence-electron chi connectivity index (χ4n) is 4.43. The van der Waals surface area contributed by atoms with Gasteiger partial charge in [0.25, 0.3) is 11.7 Å². The van der Waals surface area contributed by atoms with E-state index in [0.717, 1.165) is 12.8 Å². The Morgan fingerprint density at radius 3 is 2.47 bits per heavy atom. The Labute approximate surface area is 198 Å². The molecule has 0 spiro atoms. The van der Waals surface area contributed by atoms with Crippen molar-refractivity contribution >= 4 is 17.4 Å². The van der Waals surface area contributed by atoms with Crippen LogP contribution in [-0.2, 0) is 14.3 Å². The number of aromatic hydroxyl groups is 1. The first-order chi connectivity index (χ1) is 16.4. The molecule has 2 aliphatic heterocycles. The van der Waals surface area contributed by atoms with Gasteiger partial charge in [0.05, 0.1) is 30.9 Å². The number of carbonyl (C=O) groups excluding carboxylic acids is 2. The molecular formula is C26H29NO7. The van der Waals surface area contributed by atoms with Gasteiger partial charge in [0.1, 0.15) is 11.5 Å². The molecule has 8 heteroatoms. The molecule has 2 aliphatic rings. The zero-order valence-corrected chi connectivity index (χ0v) is 19.3. The van der Waals surface area contributed by atoms with E-state index in [1.807, 2.05) is 6.92 Å². The number of amides is 1. The molecule has 2 heterocycles. The van der Waals surface area contributed by atoms with E-state index in [1.54, 1.807) is 43.3 Å². The van der Waals surface area contributed by atoms with Crippen LogP contribution >= 0.6 is 0 Å². The number of ether oxygens (including phenoxy) is 3. The number of phenolic OH excluding ortho intramolecular Hbond substituents is 1. The number of aliphatic hydroxyl groups is 1. The van der Waals surface area contributed by atoms with Crippen LogP contribution in [0.4, 0.5) is 0 Å². The van der Waals surface area contributed by atoms with Crippen LogP contribution in [0.1, 0.15) is 43.9 Å². The minimum absolute atomic E-state index is 0.0136. The van der Waals surface area contributed by atoms with E-state index in [1.165, 1.54) is 11.0 Å². The number of aliphatic hydroxyl groups excluding tert-OH is 1. The molecule has 34 heavy (non-hydrogen) atoms. The van der Waals surface area contributed by atoms with Crippen LogP contribution in [0.2, 0.25) is 0 Å². The molecule has 0 aromatic heterocycles. The van der Waals surface area contributed by atoms with E-state index in [4.69, 9.17) is 14.2 Å². The van der Waals surface area contributed by atoms with Crippen molar-refractivity contribution in [1.29, 1.82) is 0 Å². The molecule has 2 aromatic rings. The van der Waals surface area contributed by atoms with E-state index in [9.17, 15) is 19.8 Å². The molecule has 2 atom stereocenters. The predicted octanol–water partition coefficient (Wildman–Crippen LogP) is 3.79. The molecule has 0 aliphatic carbocycles. The second kappa shape index (κ2) is 10.2. The molecule has 1 amide bonds. The molecule has 2 N–H and O–H groups in total. The molecular weight excluding hydrogens is 438 g/mol. The molecule has 2 saturated heterocycles. The maximum Gasteiger partial charge on any atom is 0.295 e. The molecule has 0 saturated carbocycles. The quantitative estimate of drug-likeness (QED) is 0.346. The van der Waals surface area contributed by atoms with Gasteiger partial charge in [0.2, 0.25) is 0 Å². The molecule has 0 radical (unpaired) electrons. The lowest BCUT2D eigenvalue weighted by molar-refractivity contribution is -0.140. The number of likely N-dealkylation sites (tertiary alicyclic amines) is 1. The van der Waals surface area contributed by atoms with Crippen molar-refractivity contribution in [2.24, 2.45) is 0 Å². The average Bonchev–Trinajstić information content (AvgIpc) is 3.43. The Bertz CT molecular complexity index is 1090. The molecule has 8 nitrogen and oxygen atoms in total. The van der Waals surface area contributed by atoms with Crippen molar-refractivity contribution in [2.45, 2.75) is 38.8 Å². The van der Waals surface area contributed by atoms with Crippen molar-refractivity contribution in [2.75, 3.05) is 26.4 Å². The maximum absolute atomic E-state index is 13.2. The van der Waals surface area contributed by atoms with Gasteiger partial charge in [0.15, 0.2) is 11.5 Å². The summed E-state index contributed by atoms with van der Waals surface area (Å²) in [6.07, 6.45) is 1.49. The summed E-state index contributed by atoms with van der Waals surface area (Å²) in [5.41, 5.74) is 0.929. The van der Waals surface area contributed by atoms with Crippen LogP contribution in [0.3, 0.4) is 0 Å². The smallest absolute Gasteiger partial charge is 0.295 e. The first kappa shape index (κ1) is 23.6. The van der Waals surface area contributed by atoms with Crippen LogP contribution in [0, 0.1) is 0 Å². The molecule has 0 unspecified atom stereocenters. The summed E-state index contributed by atoms with van der Waals surface area (Å²) in [7, 11) is 0. The van der Waals surface area contributed by atoms with E-state index in [2.05, 4.69) is 0 Å². The van der Waals surface area contributed by atoms with E-state index in [0.29, 0.717) is 36.7 Å². The van der Waals surface area contributed by atoms with Gasteiger partial charge in [0, 0.05) is 18.7 Å². The fraction of sp³-hybridized carbons (Fsp3) is 0.385. The Hall–Kier alpha value is -3.52. The number of carbonyl (C=O) groups is 2. The largest absolute Gasteiger partial charge is 0.507 e. The van der Waals surface area contributed by atoms with Gasteiger partial charge in [-0.15, -0.1) is 0 Å². The third-order valence-electron chi connectivity index (χ3n) is 6.00. The van der Waals surface area contributed by atoms with E-state index < -0.39 is 17.7 Å². The fourth-order valence-corrected chi connectivity index (χ4v) is 4.43. The number of hydrogen-bond donors (Lipinski definition) is 2. The number of rotatable bonds is 8. The lowest BCUT2D eigenvalue weighted by Gasteiger charge is -2.28. The molecule has 2 aromatic carbocycles. The zero-order valence-electron chi connectivity index (χ0n) is 19.3. The van der Waals surface area contributed by atoms with Crippen LogP contribution in [0.25, 0.3) is 5.76 Å². The summed E-state index contributed by atoms with van der Waals surface area (Å²) in [5.74, 6) is -0.905. The summed E-state index contributed by atoms with van der Waals surface area (Å²) < 4.78 is 16.7. The highest BCUT2D eigenvalue weighted by Crippen LogP contribution is 2.42. The molecule has 4 rings (SSSR count). The van der Waals surface area contributed by atoms with Gasteiger partial charge in [-0.2, -0.15) is 0 Å². The lowest BCUT2D eigenvalue weighted by atomic mass is 9.94. The van der Waals surface area contributed by atoms with Crippen LogP contribution in [0.5, 0.6) is 17.2 Å². The van der Waals surface area contributed by atoms with Gasteiger partial charge in [-0.3, -0.25) is 9.59 Å². The Balaban J connectivity index is 1.81. The van der Waals surface area contributed by atoms with Gasteiger partial charge < -0.3 is 29.3 Å². The second-order valence-corrected chi connectivity index (χ2v) is 8.20. The molecule has 2 fully saturated rings. The third-order valence-corrected chi connectivity index (χ3v) is 6.00. The predicted molar refractivity (Wildman–Crippen MR) is 125 cm³/mol. The number of phenols is 1. The highest BCUT2D eigenvalue weighted by molar-refractivity contribution is 6.46. The van der Waals surface area contributed by atoms with Gasteiger partial charge >= 0.3 is 0 Å². The Kier molecular flexibility index (Phi) is 7.07. The average molecular weight is 468 g/mol. The SMILES string of the molecule is CCOc1ccc(C(O)=C2C(=O)C(=O)N(C[C@@H]3CCCO3)[C@H]2c2ccc(O)c(OCC)c2)cc1. The van der Waals surface area contributed by atoms with Crippen LogP contribution in [0.15, 0.2) is 48.0 Å². The topological polar surface area (TPSA) is 106 Å². The van der Waals surface area contributed by atoms with Crippen molar-refractivity contribution in [3.63, 3.8) is 0 Å². The van der Waals surface area contributed by atoms with Crippen LogP contribution < -0.4 is 9.47 Å². The lowest BCUT2D eigenvalue weighted by Crippen LogP contribution is -2.36. The van der Waals surface area contributed by atoms with Crippen molar-refractivity contribution < 1.29 is 34.0 Å². The standard InChI is InChI=1S/C26H29NO7/c1-3-32-18-10-7-16(8-11-18)24(29)22-23(17-9-12-20(28)21(14-17)33-4-2)27(26(31)25(22)30)15-19-6-5-13-34-19/h7-12,14,19,23,28-29H,3-6,13,15H2,1-2H3/t19-,23-/m0/s1. The summed E-state index contributed by atoms with van der Waals surface area (Å²) in [6, 6.07) is 10.5. The molecule has 0 bridgehead atoms. The number of ketones is 1. The normalized spacial score (nSPS) is 21.8. The van der Waals surface area contributed by atoms with Crippen LogP contribution in [-0.4, -0.2) is 59.3 Å². The van der Waals surface area contributed by atoms with Gasteiger partial charge in [-0.1, -0.05) is 6.07 Å². The number of benzene rings is 2. The Morgan fingerprint density at radius 1 is 1.09 bits per heavy atom. The zero-order chi connectivity index (χ0) is 24.2. The molecule has 180 valence electrons. The number of nitrogens with zero attached hydrogens (tertiary/aromatic N) is 1. The van der Waals surface area contributed by atoms with Gasteiger partial charge in [-0.05, 0) is 68.7 Å².